The minimum atomic E-state index is -0.362. The Kier molecular flexibility index (Phi) is 5.26. The van der Waals surface area contributed by atoms with Gasteiger partial charge in [-0.05, 0) is 35.4 Å². The van der Waals surface area contributed by atoms with Crippen LogP contribution in [-0.4, -0.2) is 19.0 Å². The third kappa shape index (κ3) is 4.14. The van der Waals surface area contributed by atoms with E-state index in [0.29, 0.717) is 17.0 Å². The Morgan fingerprint density at radius 2 is 1.68 bits per heavy atom. The van der Waals surface area contributed by atoms with Crippen molar-refractivity contribution in [2.75, 3.05) is 7.11 Å². The highest BCUT2D eigenvalue weighted by Gasteiger charge is 2.11. The highest BCUT2D eigenvalue weighted by Crippen LogP contribution is 2.28. The highest BCUT2D eigenvalue weighted by molar-refractivity contribution is 7.17. The van der Waals surface area contributed by atoms with E-state index in [1.165, 1.54) is 18.4 Å². The molecule has 0 spiro atoms. The molecule has 0 atom stereocenters. The van der Waals surface area contributed by atoms with Crippen molar-refractivity contribution in [1.29, 1.82) is 0 Å². The van der Waals surface area contributed by atoms with Gasteiger partial charge in [0.2, 0.25) is 0 Å². The van der Waals surface area contributed by atoms with Crippen molar-refractivity contribution >= 4 is 23.2 Å². The molecule has 2 aromatic carbocycles. The molecule has 3 rings (SSSR count). The van der Waals surface area contributed by atoms with E-state index in [4.69, 9.17) is 4.74 Å². The molecule has 0 saturated carbocycles. The number of ether oxygens (including phenoxy) is 1. The number of hydrogen-bond donors (Lipinski definition) is 1. The lowest BCUT2D eigenvalue weighted by molar-refractivity contribution is 0.0600. The van der Waals surface area contributed by atoms with Gasteiger partial charge in [0.15, 0.2) is 0 Å². The van der Waals surface area contributed by atoms with E-state index in [1.807, 2.05) is 54.6 Å². The number of nitrogens with one attached hydrogen (secondary N) is 1. The average molecular weight is 351 g/mol. The van der Waals surface area contributed by atoms with Crippen LogP contribution in [0.25, 0.3) is 10.4 Å². The first-order valence-corrected chi connectivity index (χ1v) is 8.60. The Balaban J connectivity index is 1.67. The number of benzene rings is 2. The molecule has 1 amide bonds. The first-order valence-electron chi connectivity index (χ1n) is 7.78. The molecular formula is C20H17NO3S. The molecule has 0 aliphatic heterocycles. The first kappa shape index (κ1) is 16.9. The molecule has 0 aliphatic rings. The standard InChI is InChI=1S/C20H17NO3S/c1-24-20(23)16-9-7-15(8-10-16)17-11-12-18(25-17)19(22)21-13-14-5-3-2-4-6-14/h2-12H,13H2,1H3,(H,21,22). The van der Waals surface area contributed by atoms with Gasteiger partial charge in [0.1, 0.15) is 0 Å². The Bertz CT molecular complexity index is 869. The Morgan fingerprint density at radius 1 is 0.960 bits per heavy atom. The summed E-state index contributed by atoms with van der Waals surface area (Å²) < 4.78 is 4.69. The summed E-state index contributed by atoms with van der Waals surface area (Å²) in [5.74, 6) is -0.454. The molecule has 0 fully saturated rings. The third-order valence-corrected chi connectivity index (χ3v) is 4.85. The van der Waals surface area contributed by atoms with E-state index in [0.717, 1.165) is 16.0 Å². The molecule has 0 saturated heterocycles. The molecule has 0 radical (unpaired) electrons. The van der Waals surface area contributed by atoms with Gasteiger partial charge in [-0.25, -0.2) is 4.79 Å². The lowest BCUT2D eigenvalue weighted by atomic mass is 10.1. The van der Waals surface area contributed by atoms with E-state index >= 15 is 0 Å². The highest BCUT2D eigenvalue weighted by atomic mass is 32.1. The topological polar surface area (TPSA) is 55.4 Å². The van der Waals surface area contributed by atoms with Gasteiger partial charge < -0.3 is 10.1 Å². The summed E-state index contributed by atoms with van der Waals surface area (Å²) in [6.07, 6.45) is 0. The van der Waals surface area contributed by atoms with E-state index in [2.05, 4.69) is 5.32 Å². The smallest absolute Gasteiger partial charge is 0.337 e. The van der Waals surface area contributed by atoms with Crippen LogP contribution in [0.5, 0.6) is 0 Å². The van der Waals surface area contributed by atoms with Crippen LogP contribution in [-0.2, 0) is 11.3 Å². The Morgan fingerprint density at radius 3 is 2.36 bits per heavy atom. The van der Waals surface area contributed by atoms with E-state index in [9.17, 15) is 9.59 Å². The van der Waals surface area contributed by atoms with Gasteiger partial charge in [-0.15, -0.1) is 11.3 Å². The number of carbonyl (C=O) groups is 2. The summed E-state index contributed by atoms with van der Waals surface area (Å²) in [6.45, 7) is 0.501. The van der Waals surface area contributed by atoms with Crippen LogP contribution in [0.1, 0.15) is 25.6 Å². The van der Waals surface area contributed by atoms with Crippen LogP contribution in [0.2, 0.25) is 0 Å². The van der Waals surface area contributed by atoms with E-state index < -0.39 is 0 Å². The fourth-order valence-corrected chi connectivity index (χ4v) is 3.30. The number of hydrogen-bond acceptors (Lipinski definition) is 4. The maximum absolute atomic E-state index is 12.3. The number of carbonyl (C=O) groups excluding carboxylic acids is 2. The SMILES string of the molecule is COC(=O)c1ccc(-c2ccc(C(=O)NCc3ccccc3)s2)cc1. The van der Waals surface area contributed by atoms with Crippen molar-refractivity contribution in [1.82, 2.24) is 5.32 Å². The fourth-order valence-electron chi connectivity index (χ4n) is 2.37. The largest absolute Gasteiger partial charge is 0.465 e. The number of thiophene rings is 1. The summed E-state index contributed by atoms with van der Waals surface area (Å²) in [7, 11) is 1.36. The summed E-state index contributed by atoms with van der Waals surface area (Å²) in [5.41, 5.74) is 2.52. The van der Waals surface area contributed by atoms with Gasteiger partial charge >= 0.3 is 5.97 Å². The monoisotopic (exact) mass is 351 g/mol. The molecule has 0 unspecified atom stereocenters. The Hall–Kier alpha value is -2.92. The summed E-state index contributed by atoms with van der Waals surface area (Å²) >= 11 is 1.42. The second kappa shape index (κ2) is 7.77. The van der Waals surface area contributed by atoms with Crippen LogP contribution < -0.4 is 5.32 Å². The van der Waals surface area contributed by atoms with Crippen molar-refractivity contribution in [3.05, 3.63) is 82.7 Å². The van der Waals surface area contributed by atoms with E-state index in [-0.39, 0.29) is 11.9 Å². The van der Waals surface area contributed by atoms with Crippen LogP contribution >= 0.6 is 11.3 Å². The number of esters is 1. The first-order chi connectivity index (χ1) is 12.2. The average Bonchev–Trinajstić information content (AvgIpc) is 3.17. The molecule has 0 bridgehead atoms. The normalized spacial score (nSPS) is 10.3. The number of amides is 1. The molecule has 1 heterocycles. The van der Waals surface area contributed by atoms with Crippen LogP contribution in [0.4, 0.5) is 0 Å². The zero-order chi connectivity index (χ0) is 17.6. The van der Waals surface area contributed by atoms with Gasteiger partial charge in [0.05, 0.1) is 17.6 Å². The molecule has 3 aromatic rings. The van der Waals surface area contributed by atoms with Gasteiger partial charge in [-0.3, -0.25) is 4.79 Å². The molecular weight excluding hydrogens is 334 g/mol. The minimum Gasteiger partial charge on any atom is -0.465 e. The molecule has 5 heteroatoms. The van der Waals surface area contributed by atoms with E-state index in [1.54, 1.807) is 12.1 Å². The molecule has 4 nitrogen and oxygen atoms in total. The maximum Gasteiger partial charge on any atom is 0.337 e. The summed E-state index contributed by atoms with van der Waals surface area (Å²) in [4.78, 5) is 25.4. The van der Waals surface area contributed by atoms with Crippen molar-refractivity contribution in [2.24, 2.45) is 0 Å². The zero-order valence-electron chi connectivity index (χ0n) is 13.7. The van der Waals surface area contributed by atoms with Crippen LogP contribution in [0.15, 0.2) is 66.7 Å². The lowest BCUT2D eigenvalue weighted by Gasteiger charge is -2.03. The zero-order valence-corrected chi connectivity index (χ0v) is 14.5. The summed E-state index contributed by atoms with van der Waals surface area (Å²) in [5, 5.41) is 2.92. The van der Waals surface area contributed by atoms with Gasteiger partial charge in [0.25, 0.3) is 5.91 Å². The van der Waals surface area contributed by atoms with Gasteiger partial charge in [-0.2, -0.15) is 0 Å². The van der Waals surface area contributed by atoms with Crippen molar-refractivity contribution < 1.29 is 14.3 Å². The second-order valence-corrected chi connectivity index (χ2v) is 6.48. The van der Waals surface area contributed by atoms with Crippen molar-refractivity contribution in [3.8, 4) is 10.4 Å². The van der Waals surface area contributed by atoms with Gasteiger partial charge in [-0.1, -0.05) is 42.5 Å². The molecule has 0 aliphatic carbocycles. The molecule has 1 N–H and O–H groups in total. The maximum atomic E-state index is 12.3. The number of rotatable bonds is 5. The van der Waals surface area contributed by atoms with Crippen LogP contribution in [0.3, 0.4) is 0 Å². The predicted molar refractivity (Wildman–Crippen MR) is 98.7 cm³/mol. The predicted octanol–water partition coefficient (Wildman–Crippen LogP) is 4.13. The lowest BCUT2D eigenvalue weighted by Crippen LogP contribution is -2.21. The Labute approximate surface area is 150 Å². The minimum absolute atomic E-state index is 0.0914. The summed E-state index contributed by atoms with van der Waals surface area (Å²) in [6, 6.07) is 20.7. The molecule has 1 aromatic heterocycles. The second-order valence-electron chi connectivity index (χ2n) is 5.40. The third-order valence-electron chi connectivity index (χ3n) is 3.72. The van der Waals surface area contributed by atoms with Crippen molar-refractivity contribution in [2.45, 2.75) is 6.54 Å². The van der Waals surface area contributed by atoms with Crippen LogP contribution in [0, 0.1) is 0 Å². The molecule has 25 heavy (non-hydrogen) atoms. The fraction of sp³-hybridized carbons (Fsp3) is 0.100. The van der Waals surface area contributed by atoms with Gasteiger partial charge in [0, 0.05) is 11.4 Å². The molecule has 126 valence electrons. The quantitative estimate of drug-likeness (QED) is 0.703. The number of methoxy groups -OCH3 is 1. The van der Waals surface area contributed by atoms with Crippen molar-refractivity contribution in [3.63, 3.8) is 0 Å².